The van der Waals surface area contributed by atoms with E-state index < -0.39 is 0 Å². The van der Waals surface area contributed by atoms with Crippen molar-refractivity contribution in [2.45, 2.75) is 20.3 Å². The Hall–Kier alpha value is -0.600. The van der Waals surface area contributed by atoms with E-state index in [1.165, 1.54) is 5.56 Å². The van der Waals surface area contributed by atoms with E-state index in [0.29, 0.717) is 0 Å². The summed E-state index contributed by atoms with van der Waals surface area (Å²) in [5, 5.41) is 1.78. The van der Waals surface area contributed by atoms with Crippen LogP contribution < -0.4 is 0 Å². The fourth-order valence-corrected chi connectivity index (χ4v) is 2.17. The van der Waals surface area contributed by atoms with E-state index in [2.05, 4.69) is 40.0 Å². The molecule has 1 heterocycles. The van der Waals surface area contributed by atoms with Crippen molar-refractivity contribution in [1.82, 2.24) is 4.98 Å². The summed E-state index contributed by atoms with van der Waals surface area (Å²) >= 11 is 9.73. The molecule has 0 N–H and O–H groups in total. The van der Waals surface area contributed by atoms with Gasteiger partial charge in [-0.25, -0.2) is 0 Å². The largest absolute Gasteiger partial charge is 0.252 e. The lowest BCUT2D eigenvalue weighted by atomic mass is 10.1. The number of rotatable bonds is 1. The Morgan fingerprint density at radius 2 is 2.13 bits per heavy atom. The molecule has 0 spiro atoms. The fraction of sp³-hybridized carbons (Fsp3) is 0.250. The Bertz CT molecular complexity index is 523. The lowest BCUT2D eigenvalue weighted by molar-refractivity contribution is 1.14. The molecule has 3 heteroatoms. The highest BCUT2D eigenvalue weighted by atomic mass is 79.9. The lowest BCUT2D eigenvalue weighted by Crippen LogP contribution is -1.89. The molecule has 0 aliphatic carbocycles. The van der Waals surface area contributed by atoms with Crippen LogP contribution in [0.25, 0.3) is 10.9 Å². The predicted molar refractivity (Wildman–Crippen MR) is 68.6 cm³/mol. The third-order valence-electron chi connectivity index (χ3n) is 2.50. The number of halogens is 2. The first-order valence-corrected chi connectivity index (χ1v) is 6.04. The standard InChI is InChI=1S/C12H11BrClN/c1-3-8-4-5-10-9(6-8)12(14)11(13)7(2)15-10/h4-6H,3H2,1-2H3. The number of pyridine rings is 1. The zero-order valence-electron chi connectivity index (χ0n) is 8.64. The van der Waals surface area contributed by atoms with Gasteiger partial charge in [-0.2, -0.15) is 0 Å². The van der Waals surface area contributed by atoms with Crippen LogP contribution in [0.4, 0.5) is 0 Å². The van der Waals surface area contributed by atoms with Crippen LogP contribution >= 0.6 is 27.5 Å². The minimum absolute atomic E-state index is 0.757. The third-order valence-corrected chi connectivity index (χ3v) is 4.10. The van der Waals surface area contributed by atoms with Gasteiger partial charge in [0, 0.05) is 5.39 Å². The highest BCUT2D eigenvalue weighted by Gasteiger charge is 2.08. The molecule has 1 aromatic carbocycles. The smallest absolute Gasteiger partial charge is 0.0721 e. The van der Waals surface area contributed by atoms with Gasteiger partial charge in [-0.15, -0.1) is 0 Å². The van der Waals surface area contributed by atoms with Crippen LogP contribution in [0.2, 0.25) is 5.02 Å². The zero-order chi connectivity index (χ0) is 11.0. The molecule has 78 valence electrons. The van der Waals surface area contributed by atoms with Crippen molar-refractivity contribution in [2.75, 3.05) is 0 Å². The molecule has 15 heavy (non-hydrogen) atoms. The van der Waals surface area contributed by atoms with E-state index in [1.54, 1.807) is 0 Å². The van der Waals surface area contributed by atoms with Crippen LogP contribution in [-0.2, 0) is 6.42 Å². The van der Waals surface area contributed by atoms with Crippen LogP contribution in [0.15, 0.2) is 22.7 Å². The topological polar surface area (TPSA) is 12.9 Å². The molecule has 1 nitrogen and oxygen atoms in total. The van der Waals surface area contributed by atoms with E-state index in [4.69, 9.17) is 11.6 Å². The Kier molecular flexibility index (Phi) is 2.98. The average molecular weight is 285 g/mol. The van der Waals surface area contributed by atoms with Gasteiger partial charge >= 0.3 is 0 Å². The molecule has 0 radical (unpaired) electrons. The van der Waals surface area contributed by atoms with Crippen LogP contribution in [0, 0.1) is 6.92 Å². The van der Waals surface area contributed by atoms with E-state index >= 15 is 0 Å². The van der Waals surface area contributed by atoms with Crippen molar-refractivity contribution in [1.29, 1.82) is 0 Å². The number of hydrogen-bond acceptors (Lipinski definition) is 1. The summed E-state index contributed by atoms with van der Waals surface area (Å²) in [4.78, 5) is 4.48. The number of aromatic nitrogens is 1. The molecule has 0 aliphatic rings. The van der Waals surface area contributed by atoms with Crippen molar-refractivity contribution in [3.8, 4) is 0 Å². The summed E-state index contributed by atoms with van der Waals surface area (Å²) in [6.07, 6.45) is 1.01. The van der Waals surface area contributed by atoms with Gasteiger partial charge in [0.15, 0.2) is 0 Å². The minimum Gasteiger partial charge on any atom is -0.252 e. The molecule has 0 saturated heterocycles. The second-order valence-corrected chi connectivity index (χ2v) is 4.70. The van der Waals surface area contributed by atoms with Crippen molar-refractivity contribution in [3.05, 3.63) is 39.0 Å². The second kappa shape index (κ2) is 4.11. The molecular weight excluding hydrogens is 273 g/mol. The van der Waals surface area contributed by atoms with E-state index in [1.807, 2.05) is 13.0 Å². The SMILES string of the molecule is CCc1ccc2nc(C)c(Br)c(Cl)c2c1. The van der Waals surface area contributed by atoms with Gasteiger partial charge in [-0.05, 0) is 47.0 Å². The number of benzene rings is 1. The molecule has 0 saturated carbocycles. The number of fused-ring (bicyclic) bond motifs is 1. The Labute approximate surface area is 103 Å². The van der Waals surface area contributed by atoms with E-state index in [9.17, 15) is 0 Å². The Morgan fingerprint density at radius 1 is 1.40 bits per heavy atom. The fourth-order valence-electron chi connectivity index (χ4n) is 1.58. The van der Waals surface area contributed by atoms with Crippen molar-refractivity contribution in [3.63, 3.8) is 0 Å². The van der Waals surface area contributed by atoms with Crippen LogP contribution in [0.3, 0.4) is 0 Å². The minimum atomic E-state index is 0.757. The third kappa shape index (κ3) is 1.88. The zero-order valence-corrected chi connectivity index (χ0v) is 11.0. The number of nitrogens with zero attached hydrogens (tertiary/aromatic N) is 1. The first-order valence-electron chi connectivity index (χ1n) is 4.87. The van der Waals surface area contributed by atoms with Crippen molar-refractivity contribution >= 4 is 38.4 Å². The monoisotopic (exact) mass is 283 g/mol. The molecule has 2 aromatic rings. The normalized spacial score (nSPS) is 10.9. The first kappa shape index (κ1) is 10.9. The summed E-state index contributed by atoms with van der Waals surface area (Å²) in [6, 6.07) is 6.23. The molecular formula is C12H11BrClN. The molecule has 0 aliphatic heterocycles. The first-order chi connectivity index (χ1) is 7.13. The van der Waals surface area contributed by atoms with Crippen molar-refractivity contribution in [2.24, 2.45) is 0 Å². The molecule has 0 atom stereocenters. The van der Waals surface area contributed by atoms with Gasteiger partial charge < -0.3 is 0 Å². The van der Waals surface area contributed by atoms with Gasteiger partial charge in [0.25, 0.3) is 0 Å². The number of hydrogen-bond donors (Lipinski definition) is 0. The van der Waals surface area contributed by atoms with E-state index in [-0.39, 0.29) is 0 Å². The van der Waals surface area contributed by atoms with Crippen LogP contribution in [0.5, 0.6) is 0 Å². The van der Waals surface area contributed by atoms with Crippen LogP contribution in [0.1, 0.15) is 18.2 Å². The van der Waals surface area contributed by atoms with Gasteiger partial charge in [0.2, 0.25) is 0 Å². The van der Waals surface area contributed by atoms with E-state index in [0.717, 1.165) is 32.5 Å². The molecule has 0 fully saturated rings. The van der Waals surface area contributed by atoms with Gasteiger partial charge in [0.05, 0.1) is 20.7 Å². The molecule has 2 rings (SSSR count). The van der Waals surface area contributed by atoms with Gasteiger partial charge in [-0.1, -0.05) is 24.6 Å². The van der Waals surface area contributed by atoms with Crippen LogP contribution in [-0.4, -0.2) is 4.98 Å². The molecule has 0 unspecified atom stereocenters. The Balaban J connectivity index is 2.81. The quantitative estimate of drug-likeness (QED) is 0.750. The maximum absolute atomic E-state index is 6.27. The molecule has 1 aromatic heterocycles. The molecule has 0 amide bonds. The Morgan fingerprint density at radius 3 is 2.80 bits per heavy atom. The summed E-state index contributed by atoms with van der Waals surface area (Å²) in [5.74, 6) is 0. The maximum Gasteiger partial charge on any atom is 0.0721 e. The summed E-state index contributed by atoms with van der Waals surface area (Å²) in [5.41, 5.74) is 3.16. The summed E-state index contributed by atoms with van der Waals surface area (Å²) in [7, 11) is 0. The summed E-state index contributed by atoms with van der Waals surface area (Å²) < 4.78 is 0.893. The predicted octanol–water partition coefficient (Wildman–Crippen LogP) is 4.52. The lowest BCUT2D eigenvalue weighted by Gasteiger charge is -2.07. The highest BCUT2D eigenvalue weighted by Crippen LogP contribution is 2.32. The number of aryl methyl sites for hydroxylation is 2. The maximum atomic E-state index is 6.27. The second-order valence-electron chi connectivity index (χ2n) is 3.53. The molecule has 0 bridgehead atoms. The van der Waals surface area contributed by atoms with Crippen molar-refractivity contribution < 1.29 is 0 Å². The highest BCUT2D eigenvalue weighted by molar-refractivity contribution is 9.10. The van der Waals surface area contributed by atoms with Gasteiger partial charge in [0.1, 0.15) is 0 Å². The summed E-state index contributed by atoms with van der Waals surface area (Å²) in [6.45, 7) is 4.08. The van der Waals surface area contributed by atoms with Gasteiger partial charge in [-0.3, -0.25) is 4.98 Å². The average Bonchev–Trinajstić information content (AvgIpc) is 2.26.